The first-order valence-electron chi connectivity index (χ1n) is 17.7. The molecule has 2 aromatic carbocycles. The second-order valence-corrected chi connectivity index (χ2v) is 17.4. The second kappa shape index (κ2) is 13.1. The van der Waals surface area contributed by atoms with Gasteiger partial charge in [-0.1, -0.05) is 31.0 Å². The molecule has 5 unspecified atom stereocenters. The Morgan fingerprint density at radius 3 is 2.62 bits per heavy atom. The third-order valence-electron chi connectivity index (χ3n) is 12.2. The Kier molecular flexibility index (Phi) is 9.35. The molecule has 1 amide bonds. The Bertz CT molecular complexity index is 1570. The molecule has 3 aliphatic heterocycles. The summed E-state index contributed by atoms with van der Waals surface area (Å²) in [7, 11) is -1.60. The van der Waals surface area contributed by atoms with E-state index in [1.165, 1.54) is 11.1 Å². The van der Waals surface area contributed by atoms with Crippen molar-refractivity contribution in [1.29, 1.82) is 0 Å². The second-order valence-electron chi connectivity index (χ2n) is 15.5. The quantitative estimate of drug-likeness (QED) is 0.380. The van der Waals surface area contributed by atoms with E-state index >= 15 is 0 Å². The molecule has 5 aliphatic rings. The number of likely N-dealkylation sites (tertiary alicyclic amines) is 1. The van der Waals surface area contributed by atoms with Crippen molar-refractivity contribution in [3.05, 3.63) is 58.1 Å². The van der Waals surface area contributed by atoms with Crippen LogP contribution < -0.4 is 14.4 Å². The van der Waals surface area contributed by atoms with Crippen molar-refractivity contribution in [2.45, 2.75) is 93.8 Å². The minimum Gasteiger partial charge on any atom is -0.490 e. The lowest BCUT2D eigenvalue weighted by Crippen LogP contribution is -2.58. The molecule has 0 aromatic heterocycles. The maximum absolute atomic E-state index is 13.7. The molecule has 48 heavy (non-hydrogen) atoms. The number of fused-ring (bicyclic) bond motifs is 4. The zero-order valence-corrected chi connectivity index (χ0v) is 29.6. The highest BCUT2D eigenvalue weighted by atomic mass is 35.5. The predicted molar refractivity (Wildman–Crippen MR) is 185 cm³/mol. The van der Waals surface area contributed by atoms with Gasteiger partial charge in [-0.3, -0.25) is 14.4 Å². The molecule has 2 fully saturated rings. The van der Waals surface area contributed by atoms with Crippen LogP contribution in [-0.4, -0.2) is 76.2 Å². The van der Waals surface area contributed by atoms with Gasteiger partial charge in [0.05, 0.1) is 36.2 Å². The number of nitrogens with zero attached hydrogens (tertiary/aromatic N) is 2. The molecule has 2 aliphatic carbocycles. The molecule has 0 radical (unpaired) electrons. The van der Waals surface area contributed by atoms with Crippen molar-refractivity contribution in [1.82, 2.24) is 9.62 Å². The van der Waals surface area contributed by atoms with Crippen LogP contribution in [0, 0.1) is 17.8 Å². The van der Waals surface area contributed by atoms with E-state index in [1.807, 2.05) is 32.0 Å². The van der Waals surface area contributed by atoms with Gasteiger partial charge < -0.3 is 14.7 Å². The molecule has 11 heteroatoms. The Balaban J connectivity index is 1.25. The summed E-state index contributed by atoms with van der Waals surface area (Å²) in [6.07, 6.45) is 7.28. The maximum Gasteiger partial charge on any atom is 0.272 e. The number of nitrogens with one attached hydrogen (secondary N) is 1. The summed E-state index contributed by atoms with van der Waals surface area (Å²) in [5.74, 6) is -2.03. The minimum atomic E-state index is -2.64. The Morgan fingerprint density at radius 1 is 1.06 bits per heavy atom. The lowest BCUT2D eigenvalue weighted by Gasteiger charge is -2.51. The molecule has 2 bridgehead atoms. The SMILES string of the molecule is CC1CCC[C@](O)(CCN2CC(F)(F)C2)C2CCC2CN2C[C@@]3(CCCc4cc(Cl)ccc43)COc3ccc(cc32)C(=O)NS(=O)C1C. The smallest absolute Gasteiger partial charge is 0.272 e. The van der Waals surface area contributed by atoms with Gasteiger partial charge in [-0.2, -0.15) is 0 Å². The van der Waals surface area contributed by atoms with Crippen LogP contribution in [0.2, 0.25) is 5.02 Å². The average molecular weight is 704 g/mol. The van der Waals surface area contributed by atoms with Gasteiger partial charge >= 0.3 is 0 Å². The number of aryl methyl sites for hydroxylation is 1. The van der Waals surface area contributed by atoms with Gasteiger partial charge in [-0.25, -0.2) is 13.0 Å². The number of benzene rings is 2. The molecular weight excluding hydrogens is 656 g/mol. The summed E-state index contributed by atoms with van der Waals surface area (Å²) in [4.78, 5) is 17.6. The van der Waals surface area contributed by atoms with Gasteiger partial charge in [0, 0.05) is 35.6 Å². The summed E-state index contributed by atoms with van der Waals surface area (Å²) < 4.78 is 50.1. The average Bonchev–Trinajstić information content (AvgIpc) is 3.16. The minimum absolute atomic E-state index is 0.0292. The van der Waals surface area contributed by atoms with E-state index in [0.29, 0.717) is 50.4 Å². The molecule has 7 rings (SSSR count). The predicted octanol–water partition coefficient (Wildman–Crippen LogP) is 6.51. The number of carbonyl (C=O) groups excluding carboxylic acids is 1. The lowest BCUT2D eigenvalue weighted by atomic mass is 9.61. The highest BCUT2D eigenvalue weighted by Gasteiger charge is 2.50. The molecule has 2 N–H and O–H groups in total. The fourth-order valence-corrected chi connectivity index (χ4v) is 10.3. The van der Waals surface area contributed by atoms with Crippen LogP contribution in [0.15, 0.2) is 36.4 Å². The first kappa shape index (κ1) is 34.2. The summed E-state index contributed by atoms with van der Waals surface area (Å²) in [6.45, 7) is 5.75. The van der Waals surface area contributed by atoms with Crippen molar-refractivity contribution < 1.29 is 27.6 Å². The van der Waals surface area contributed by atoms with E-state index in [0.717, 1.165) is 55.7 Å². The number of aliphatic hydroxyl groups is 1. The maximum atomic E-state index is 13.7. The molecule has 7 nitrogen and oxygen atoms in total. The van der Waals surface area contributed by atoms with Crippen molar-refractivity contribution in [2.24, 2.45) is 17.8 Å². The number of amides is 1. The number of hydrogen-bond acceptors (Lipinski definition) is 6. The van der Waals surface area contributed by atoms with Crippen LogP contribution in [0.25, 0.3) is 0 Å². The molecule has 1 spiro atoms. The zero-order valence-electron chi connectivity index (χ0n) is 28.0. The van der Waals surface area contributed by atoms with Crippen LogP contribution in [-0.2, 0) is 22.8 Å². The topological polar surface area (TPSA) is 82.1 Å². The van der Waals surface area contributed by atoms with Crippen LogP contribution in [0.1, 0.15) is 86.7 Å². The Labute approximate surface area is 290 Å². The Morgan fingerprint density at radius 2 is 1.88 bits per heavy atom. The largest absolute Gasteiger partial charge is 0.490 e. The summed E-state index contributed by atoms with van der Waals surface area (Å²) >= 11 is 6.44. The third-order valence-corrected chi connectivity index (χ3v) is 14.0. The van der Waals surface area contributed by atoms with Gasteiger partial charge in [0.2, 0.25) is 0 Å². The molecule has 2 aromatic rings. The van der Waals surface area contributed by atoms with Crippen molar-refractivity contribution >= 4 is 34.2 Å². The van der Waals surface area contributed by atoms with E-state index in [1.54, 1.807) is 11.0 Å². The standard InChI is InChI=1S/C37H48ClF2N3O4S/c1-24-5-3-14-36(45,15-16-42-21-37(39,40)22-42)31-10-7-28(31)19-43-20-35(13-4-6-26-17-29(38)9-11-30(26)35)23-47-33-12-8-27(18-32(33)43)34(44)41-48(46)25(24)2/h8-9,11-12,17-18,24-25,28,31,45H,3-7,10,13-16,19-23H2,1-2H3,(H,41,44)/t24?,25?,28?,31?,35-,36-,48?/m0/s1. The van der Waals surface area contributed by atoms with Crippen molar-refractivity contribution in [3.8, 4) is 5.75 Å². The highest BCUT2D eigenvalue weighted by Crippen LogP contribution is 2.50. The van der Waals surface area contributed by atoms with E-state index in [9.17, 15) is 22.9 Å². The number of ether oxygens (including phenoxy) is 1. The molecule has 262 valence electrons. The highest BCUT2D eigenvalue weighted by molar-refractivity contribution is 7.84. The number of anilines is 1. The van der Waals surface area contributed by atoms with E-state index in [4.69, 9.17) is 16.3 Å². The molecule has 3 heterocycles. The summed E-state index contributed by atoms with van der Waals surface area (Å²) in [5.41, 5.74) is 2.49. The van der Waals surface area contributed by atoms with Crippen molar-refractivity contribution in [2.75, 3.05) is 44.2 Å². The molecule has 1 saturated heterocycles. The summed E-state index contributed by atoms with van der Waals surface area (Å²) in [5, 5.41) is 12.9. The number of alkyl halides is 2. The van der Waals surface area contributed by atoms with Crippen LogP contribution >= 0.6 is 11.6 Å². The van der Waals surface area contributed by atoms with Crippen LogP contribution in [0.3, 0.4) is 0 Å². The van der Waals surface area contributed by atoms with Crippen LogP contribution in [0.5, 0.6) is 5.75 Å². The van der Waals surface area contributed by atoms with E-state index in [-0.39, 0.29) is 47.4 Å². The number of halogens is 3. The van der Waals surface area contributed by atoms with E-state index in [2.05, 4.69) is 21.8 Å². The fraction of sp³-hybridized carbons (Fsp3) is 0.649. The Hall–Kier alpha value is -2.27. The third kappa shape index (κ3) is 6.63. The zero-order chi connectivity index (χ0) is 33.8. The number of carbonyl (C=O) groups is 1. The normalized spacial score (nSPS) is 35.2. The molecule has 7 atom stereocenters. The van der Waals surface area contributed by atoms with Gasteiger partial charge in [-0.05, 0) is 118 Å². The molecular formula is C37H48ClF2N3O4S. The van der Waals surface area contributed by atoms with Crippen molar-refractivity contribution in [3.63, 3.8) is 0 Å². The first-order chi connectivity index (χ1) is 22.8. The van der Waals surface area contributed by atoms with E-state index < -0.39 is 22.5 Å². The van der Waals surface area contributed by atoms with Gasteiger partial charge in [0.15, 0.2) is 0 Å². The van der Waals surface area contributed by atoms with Gasteiger partial charge in [0.25, 0.3) is 11.8 Å². The summed E-state index contributed by atoms with van der Waals surface area (Å²) in [6, 6.07) is 11.7. The number of hydrogen-bond donors (Lipinski definition) is 2. The van der Waals surface area contributed by atoms with Crippen LogP contribution in [0.4, 0.5) is 14.5 Å². The van der Waals surface area contributed by atoms with Gasteiger partial charge in [0.1, 0.15) is 16.7 Å². The van der Waals surface area contributed by atoms with Gasteiger partial charge in [-0.15, -0.1) is 0 Å². The molecule has 1 saturated carbocycles. The lowest BCUT2D eigenvalue weighted by molar-refractivity contribution is -0.146. The number of rotatable bonds is 3. The first-order valence-corrected chi connectivity index (χ1v) is 19.3. The fourth-order valence-electron chi connectivity index (χ4n) is 9.07. The monoisotopic (exact) mass is 703 g/mol.